The minimum atomic E-state index is -4.52. The Morgan fingerprint density at radius 3 is 1.64 bits per heavy atom. The normalized spacial score (nSPS) is 15.4. The number of hydrogen-bond acceptors (Lipinski definition) is 0. The molecular formula is C22H22Cl2Zr. The summed E-state index contributed by atoms with van der Waals surface area (Å²) in [7, 11) is 15.1. The minimum absolute atomic E-state index is 0.976. The van der Waals surface area contributed by atoms with E-state index < -0.39 is 15.9 Å². The number of fused-ring (bicyclic) bond motifs is 2. The molecule has 0 heterocycles. The zero-order valence-electron chi connectivity index (χ0n) is 14.9. The molecule has 0 fully saturated rings. The summed E-state index contributed by atoms with van der Waals surface area (Å²) in [6.45, 7) is 6.38. The summed E-state index contributed by atoms with van der Waals surface area (Å²) in [4.78, 5) is 0. The molecule has 0 amide bonds. The van der Waals surface area contributed by atoms with Crippen LogP contribution in [-0.2, 0) is 28.8 Å². The Morgan fingerprint density at radius 1 is 0.800 bits per heavy atom. The summed E-state index contributed by atoms with van der Waals surface area (Å²) in [6.07, 6.45) is 10.8. The summed E-state index contributed by atoms with van der Waals surface area (Å²) in [6, 6.07) is 8.74. The molecule has 0 nitrogen and oxygen atoms in total. The van der Waals surface area contributed by atoms with Crippen molar-refractivity contribution in [3.05, 3.63) is 69.8 Å². The first-order valence-electron chi connectivity index (χ1n) is 8.83. The molecule has 0 saturated heterocycles. The van der Waals surface area contributed by atoms with Crippen molar-refractivity contribution in [1.29, 1.82) is 0 Å². The molecule has 2 aliphatic carbocycles. The van der Waals surface area contributed by atoms with E-state index in [2.05, 4.69) is 66.1 Å². The average Bonchev–Trinajstić information content (AvgIpc) is 3.25. The molecule has 0 spiro atoms. The molecule has 0 atom stereocenters. The summed E-state index contributed by atoms with van der Waals surface area (Å²) >= 11 is -4.52. The van der Waals surface area contributed by atoms with Crippen molar-refractivity contribution in [3.8, 4) is 0 Å². The molecule has 3 heteroatoms. The van der Waals surface area contributed by atoms with Gasteiger partial charge in [0.25, 0.3) is 0 Å². The summed E-state index contributed by atoms with van der Waals surface area (Å²) in [5.41, 5.74) is 7.90. The van der Waals surface area contributed by atoms with Gasteiger partial charge in [-0.1, -0.05) is 0 Å². The molecule has 0 aromatic heterocycles. The van der Waals surface area contributed by atoms with Crippen molar-refractivity contribution >= 4 is 39.4 Å². The van der Waals surface area contributed by atoms with Crippen LogP contribution in [0.15, 0.2) is 36.4 Å². The monoisotopic (exact) mass is 446 g/mol. The fraction of sp³-hybridized carbons (Fsp3) is 0.227. The number of halogens is 2. The van der Waals surface area contributed by atoms with Crippen molar-refractivity contribution < 1.29 is 15.9 Å². The van der Waals surface area contributed by atoms with E-state index in [0.29, 0.717) is 0 Å². The first-order valence-corrected chi connectivity index (χ1v) is 19.0. The second kappa shape index (κ2) is 5.88. The van der Waals surface area contributed by atoms with E-state index in [1.54, 1.807) is 0 Å². The number of hydrogen-bond donors (Lipinski definition) is 0. The van der Waals surface area contributed by atoms with Crippen LogP contribution in [0.4, 0.5) is 0 Å². The molecule has 0 radical (unpaired) electrons. The molecule has 0 bridgehead atoms. The van der Waals surface area contributed by atoms with Crippen LogP contribution in [0, 0.1) is 13.8 Å². The van der Waals surface area contributed by atoms with Crippen LogP contribution in [0.1, 0.15) is 40.3 Å². The van der Waals surface area contributed by atoms with Crippen molar-refractivity contribution in [3.63, 3.8) is 0 Å². The zero-order chi connectivity index (χ0) is 17.8. The summed E-state index contributed by atoms with van der Waals surface area (Å²) < 4.78 is 4.46. The van der Waals surface area contributed by atoms with Crippen LogP contribution in [0.25, 0.3) is 12.2 Å². The van der Waals surface area contributed by atoms with Crippen molar-refractivity contribution in [2.45, 2.75) is 33.6 Å². The quantitative estimate of drug-likeness (QED) is 0.592. The van der Waals surface area contributed by atoms with Crippen LogP contribution < -0.4 is 6.54 Å². The zero-order valence-corrected chi connectivity index (χ0v) is 18.8. The Morgan fingerprint density at radius 2 is 1.24 bits per heavy atom. The predicted octanol–water partition coefficient (Wildman–Crippen LogP) is 5.21. The molecule has 4 rings (SSSR count). The molecule has 0 unspecified atom stereocenters. The molecule has 128 valence electrons. The fourth-order valence-electron chi connectivity index (χ4n) is 4.31. The van der Waals surface area contributed by atoms with Gasteiger partial charge in [-0.2, -0.15) is 0 Å². The van der Waals surface area contributed by atoms with Gasteiger partial charge in [0, 0.05) is 0 Å². The molecule has 2 aromatic rings. The fourth-order valence-corrected chi connectivity index (χ4v) is 15.9. The molecule has 0 saturated carbocycles. The molecule has 2 aliphatic rings. The van der Waals surface area contributed by atoms with E-state index in [-0.39, 0.29) is 0 Å². The topological polar surface area (TPSA) is 0 Å². The van der Waals surface area contributed by atoms with Gasteiger partial charge in [-0.05, 0) is 0 Å². The van der Waals surface area contributed by atoms with E-state index in [1.807, 2.05) is 6.92 Å². The van der Waals surface area contributed by atoms with Gasteiger partial charge in [0.2, 0.25) is 0 Å². The van der Waals surface area contributed by atoms with Crippen molar-refractivity contribution in [2.24, 2.45) is 0 Å². The van der Waals surface area contributed by atoms with E-state index in [4.69, 9.17) is 17.0 Å². The number of aryl methyl sites for hydroxylation is 2. The maximum absolute atomic E-state index is 7.55. The summed E-state index contributed by atoms with van der Waals surface area (Å²) in [5.74, 6) is 0. The second-order valence-corrected chi connectivity index (χ2v) is 27.0. The van der Waals surface area contributed by atoms with Crippen LogP contribution in [0.3, 0.4) is 0 Å². The van der Waals surface area contributed by atoms with Crippen LogP contribution >= 0.6 is 17.0 Å². The molecule has 0 N–H and O–H groups in total. The first-order chi connectivity index (χ1) is 11.9. The van der Waals surface area contributed by atoms with E-state index >= 15 is 0 Å². The third-order valence-electron chi connectivity index (χ3n) is 5.89. The Bertz CT molecular complexity index is 957. The van der Waals surface area contributed by atoms with Gasteiger partial charge in [0.15, 0.2) is 0 Å². The van der Waals surface area contributed by atoms with Gasteiger partial charge in [-0.15, -0.1) is 0 Å². The number of benzene rings is 2. The Balaban J connectivity index is 2.10. The Kier molecular flexibility index (Phi) is 4.15. The van der Waals surface area contributed by atoms with Crippen LogP contribution in [-0.4, -0.2) is 3.71 Å². The van der Waals surface area contributed by atoms with Gasteiger partial charge in [0.05, 0.1) is 0 Å². The van der Waals surface area contributed by atoms with Gasteiger partial charge >= 0.3 is 159 Å². The second-order valence-electron chi connectivity index (χ2n) is 7.23. The Labute approximate surface area is 157 Å². The van der Waals surface area contributed by atoms with E-state index in [0.717, 1.165) is 19.4 Å². The van der Waals surface area contributed by atoms with E-state index in [1.165, 1.54) is 33.4 Å². The number of rotatable bonds is 2. The van der Waals surface area contributed by atoms with Crippen LogP contribution in [0.2, 0.25) is 0 Å². The van der Waals surface area contributed by atoms with Gasteiger partial charge in [-0.25, -0.2) is 0 Å². The van der Waals surface area contributed by atoms with Crippen molar-refractivity contribution in [1.82, 2.24) is 0 Å². The van der Waals surface area contributed by atoms with Gasteiger partial charge < -0.3 is 0 Å². The third-order valence-corrected chi connectivity index (χ3v) is 22.8. The number of allylic oxidation sites excluding steroid dienone is 2. The van der Waals surface area contributed by atoms with Gasteiger partial charge in [-0.3, -0.25) is 0 Å². The Hall–Kier alpha value is -0.747. The summed E-state index contributed by atoms with van der Waals surface area (Å²) in [5, 5.41) is 0. The third kappa shape index (κ3) is 2.47. The molecule has 25 heavy (non-hydrogen) atoms. The molecular weight excluding hydrogens is 426 g/mol. The SMILES string of the molecule is C[CH]=[Zr]([Cl])([Cl])([c]1ccc(C)c2c1C=CC2)[c]1ccc(C)c2c1C=CC2. The first kappa shape index (κ1) is 17.7. The van der Waals surface area contributed by atoms with E-state index in [9.17, 15) is 0 Å². The molecule has 0 aliphatic heterocycles. The average molecular weight is 449 g/mol. The van der Waals surface area contributed by atoms with Crippen LogP contribution in [0.5, 0.6) is 0 Å². The van der Waals surface area contributed by atoms with Gasteiger partial charge in [0.1, 0.15) is 0 Å². The maximum atomic E-state index is 7.55. The predicted molar refractivity (Wildman–Crippen MR) is 111 cm³/mol. The standard InChI is InChI=1S/2C10H9.C2H4.2ClH.Zr/c2*1-8-4-2-5-9-6-3-7-10(8)9;1-2;;;/h2*2-4,6H,7H2,1H3;1H,2H3;2*1H;/q;;;;;+2/p-2. The van der Waals surface area contributed by atoms with Crippen molar-refractivity contribution in [2.75, 3.05) is 0 Å². The molecule has 2 aromatic carbocycles.